The second-order valence-electron chi connectivity index (χ2n) is 6.72. The Kier molecular flexibility index (Phi) is 6.18. The molecule has 1 amide bonds. The number of thiazole rings is 1. The summed E-state index contributed by atoms with van der Waals surface area (Å²) >= 11 is 6.90. The van der Waals surface area contributed by atoms with Crippen LogP contribution in [0.5, 0.6) is 0 Å². The van der Waals surface area contributed by atoms with Crippen LogP contribution in [0.15, 0.2) is 5.16 Å². The Morgan fingerprint density at radius 3 is 2.25 bits per heavy atom. The number of aromatic nitrogens is 1. The minimum atomic E-state index is -1.35. The van der Waals surface area contributed by atoms with Crippen molar-refractivity contribution in [2.24, 2.45) is 5.16 Å². The monoisotopic (exact) mass is 377 g/mol. The van der Waals surface area contributed by atoms with Gasteiger partial charge < -0.3 is 14.7 Å². The second kappa shape index (κ2) is 7.35. The Morgan fingerprint density at radius 1 is 1.21 bits per heavy atom. The lowest BCUT2D eigenvalue weighted by Gasteiger charge is -2.18. The van der Waals surface area contributed by atoms with Crippen molar-refractivity contribution >= 4 is 45.8 Å². The van der Waals surface area contributed by atoms with E-state index < -0.39 is 29.0 Å². The zero-order chi connectivity index (χ0) is 18.7. The summed E-state index contributed by atoms with van der Waals surface area (Å²) in [5.74, 6) is -1.35. The van der Waals surface area contributed by atoms with E-state index >= 15 is 0 Å². The average molecular weight is 378 g/mol. The van der Waals surface area contributed by atoms with Gasteiger partial charge in [-0.2, -0.15) is 0 Å². The fraction of sp³-hybridized carbons (Fsp3) is 0.571. The fourth-order valence-electron chi connectivity index (χ4n) is 1.26. The lowest BCUT2D eigenvalue weighted by atomic mass is 10.2. The molecule has 1 aromatic heterocycles. The van der Waals surface area contributed by atoms with Gasteiger partial charge in [-0.15, -0.1) is 0 Å². The standard InChI is InChI=1S/C14H20ClN3O5S/c1-13(2,3)22-12(21)17-11-16-7(9(15)24-11)8(10(19)20)18-23-14(4,5)6/h1-6H3,(H,19,20)(H,16,17,21)/b18-8-. The Bertz CT molecular complexity index is 658. The van der Waals surface area contributed by atoms with Gasteiger partial charge in [0.15, 0.2) is 5.13 Å². The number of aliphatic carboxylic acids is 1. The maximum absolute atomic E-state index is 11.7. The number of anilines is 1. The molecule has 134 valence electrons. The maximum Gasteiger partial charge on any atom is 0.413 e. The summed E-state index contributed by atoms with van der Waals surface area (Å²) in [5, 5.41) is 15.4. The highest BCUT2D eigenvalue weighted by atomic mass is 35.5. The summed E-state index contributed by atoms with van der Waals surface area (Å²) in [7, 11) is 0. The van der Waals surface area contributed by atoms with Crippen molar-refractivity contribution in [2.45, 2.75) is 52.7 Å². The Labute approximate surface area is 148 Å². The van der Waals surface area contributed by atoms with Gasteiger partial charge in [0.05, 0.1) is 0 Å². The highest BCUT2D eigenvalue weighted by Gasteiger charge is 2.25. The van der Waals surface area contributed by atoms with Crippen molar-refractivity contribution < 1.29 is 24.3 Å². The van der Waals surface area contributed by atoms with Crippen LogP contribution in [0.4, 0.5) is 9.93 Å². The molecule has 10 heteroatoms. The molecule has 1 rings (SSSR count). The number of nitrogens with zero attached hydrogens (tertiary/aromatic N) is 2. The molecule has 0 saturated heterocycles. The molecule has 0 spiro atoms. The number of carboxylic acids is 1. The number of oxime groups is 1. The summed E-state index contributed by atoms with van der Waals surface area (Å²) in [4.78, 5) is 32.2. The smallest absolute Gasteiger partial charge is 0.413 e. The van der Waals surface area contributed by atoms with E-state index in [4.69, 9.17) is 21.2 Å². The van der Waals surface area contributed by atoms with Gasteiger partial charge in [-0.05, 0) is 41.5 Å². The molecule has 0 atom stereocenters. The molecule has 1 heterocycles. The van der Waals surface area contributed by atoms with Crippen LogP contribution in [0.3, 0.4) is 0 Å². The molecule has 0 radical (unpaired) electrons. The van der Waals surface area contributed by atoms with E-state index in [9.17, 15) is 14.7 Å². The molecule has 0 unspecified atom stereocenters. The van der Waals surface area contributed by atoms with Crippen molar-refractivity contribution in [2.75, 3.05) is 5.32 Å². The topological polar surface area (TPSA) is 110 Å². The van der Waals surface area contributed by atoms with Crippen molar-refractivity contribution in [3.63, 3.8) is 0 Å². The molecule has 0 aliphatic heterocycles. The average Bonchev–Trinajstić information content (AvgIpc) is 2.65. The molecule has 0 saturated carbocycles. The van der Waals surface area contributed by atoms with Crippen LogP contribution in [-0.4, -0.2) is 39.1 Å². The number of amides is 1. The van der Waals surface area contributed by atoms with Crippen LogP contribution in [0.1, 0.15) is 47.2 Å². The number of ether oxygens (including phenoxy) is 1. The summed E-state index contributed by atoms with van der Waals surface area (Å²) in [6.07, 6.45) is -0.723. The lowest BCUT2D eigenvalue weighted by molar-refractivity contribution is -0.129. The number of carboxylic acid groups (broad SMARTS) is 1. The first kappa shape index (κ1) is 20.2. The SMILES string of the molecule is CC(C)(C)O/N=C(\C(=O)O)c1nc(NC(=O)OC(C)(C)C)sc1Cl. The van der Waals surface area contributed by atoms with E-state index in [-0.39, 0.29) is 15.2 Å². The van der Waals surface area contributed by atoms with E-state index in [2.05, 4.69) is 15.5 Å². The number of hydrogen-bond donors (Lipinski definition) is 2. The number of hydrogen-bond acceptors (Lipinski definition) is 7. The molecule has 0 aromatic carbocycles. The third-order valence-corrected chi connectivity index (χ3v) is 3.20. The Balaban J connectivity index is 3.02. The third kappa shape index (κ3) is 6.71. The van der Waals surface area contributed by atoms with Crippen molar-refractivity contribution in [1.29, 1.82) is 0 Å². The van der Waals surface area contributed by atoms with Gasteiger partial charge in [-0.25, -0.2) is 14.6 Å². The van der Waals surface area contributed by atoms with Crippen LogP contribution in [0.2, 0.25) is 4.34 Å². The summed E-state index contributed by atoms with van der Waals surface area (Å²) in [6.45, 7) is 10.3. The number of carbonyl (C=O) groups excluding carboxylic acids is 1. The summed E-state index contributed by atoms with van der Waals surface area (Å²) in [5.41, 5.74) is -1.91. The van der Waals surface area contributed by atoms with Crippen molar-refractivity contribution in [3.05, 3.63) is 10.0 Å². The van der Waals surface area contributed by atoms with Crippen LogP contribution in [-0.2, 0) is 14.4 Å². The van der Waals surface area contributed by atoms with Crippen LogP contribution in [0.25, 0.3) is 0 Å². The van der Waals surface area contributed by atoms with Gasteiger partial charge in [0.25, 0.3) is 0 Å². The Morgan fingerprint density at radius 2 is 1.79 bits per heavy atom. The first-order chi connectivity index (χ1) is 10.8. The number of rotatable bonds is 4. The van der Waals surface area contributed by atoms with Gasteiger partial charge in [0.2, 0.25) is 5.71 Å². The van der Waals surface area contributed by atoms with E-state index in [1.165, 1.54) is 0 Å². The van der Waals surface area contributed by atoms with Gasteiger partial charge in [-0.1, -0.05) is 28.1 Å². The molecule has 24 heavy (non-hydrogen) atoms. The summed E-state index contributed by atoms with van der Waals surface area (Å²) < 4.78 is 5.15. The van der Waals surface area contributed by atoms with Crippen LogP contribution in [0, 0.1) is 0 Å². The van der Waals surface area contributed by atoms with E-state index in [0.29, 0.717) is 0 Å². The van der Waals surface area contributed by atoms with Crippen LogP contribution < -0.4 is 5.32 Å². The predicted molar refractivity (Wildman–Crippen MR) is 92.0 cm³/mol. The Hall–Kier alpha value is -1.87. The van der Waals surface area contributed by atoms with Gasteiger partial charge in [0.1, 0.15) is 21.2 Å². The molecule has 1 aromatic rings. The normalized spacial score (nSPS) is 12.7. The zero-order valence-corrected chi connectivity index (χ0v) is 15.8. The first-order valence-electron chi connectivity index (χ1n) is 6.94. The number of carbonyl (C=O) groups is 2. The molecule has 2 N–H and O–H groups in total. The van der Waals surface area contributed by atoms with E-state index in [1.54, 1.807) is 41.5 Å². The highest BCUT2D eigenvalue weighted by molar-refractivity contribution is 7.20. The lowest BCUT2D eigenvalue weighted by Crippen LogP contribution is -2.27. The minimum Gasteiger partial charge on any atom is -0.476 e. The second-order valence-corrected chi connectivity index (χ2v) is 8.32. The molecular weight excluding hydrogens is 358 g/mol. The first-order valence-corrected chi connectivity index (χ1v) is 8.14. The molecular formula is C14H20ClN3O5S. The molecule has 0 fully saturated rings. The molecule has 0 bridgehead atoms. The largest absolute Gasteiger partial charge is 0.476 e. The highest BCUT2D eigenvalue weighted by Crippen LogP contribution is 2.29. The van der Waals surface area contributed by atoms with E-state index in [1.807, 2.05) is 0 Å². The van der Waals surface area contributed by atoms with Crippen molar-refractivity contribution in [1.82, 2.24) is 4.98 Å². The maximum atomic E-state index is 11.7. The fourth-order valence-corrected chi connectivity index (χ4v) is 2.29. The van der Waals surface area contributed by atoms with Crippen LogP contribution >= 0.6 is 22.9 Å². The minimum absolute atomic E-state index is 0.0553. The van der Waals surface area contributed by atoms with Gasteiger partial charge >= 0.3 is 12.1 Å². The predicted octanol–water partition coefficient (Wildman–Crippen LogP) is 3.75. The number of nitrogens with one attached hydrogen (secondary N) is 1. The number of halogens is 1. The van der Waals surface area contributed by atoms with E-state index in [0.717, 1.165) is 11.3 Å². The summed E-state index contributed by atoms with van der Waals surface area (Å²) in [6, 6.07) is 0. The van der Waals surface area contributed by atoms with Crippen molar-refractivity contribution in [3.8, 4) is 0 Å². The van der Waals surface area contributed by atoms with Gasteiger partial charge in [0, 0.05) is 0 Å². The van der Waals surface area contributed by atoms with Gasteiger partial charge in [-0.3, -0.25) is 5.32 Å². The molecule has 0 aliphatic carbocycles. The third-order valence-electron chi connectivity index (χ3n) is 2.03. The molecule has 8 nitrogen and oxygen atoms in total. The quantitative estimate of drug-likeness (QED) is 0.610. The molecule has 0 aliphatic rings. The zero-order valence-electron chi connectivity index (χ0n) is 14.3.